The number of pyridine rings is 1. The average molecular weight is 288 g/mol. The minimum absolute atomic E-state index is 0.0244. The Kier molecular flexibility index (Phi) is 4.18. The molecule has 1 unspecified atom stereocenters. The summed E-state index contributed by atoms with van der Waals surface area (Å²) in [5.74, 6) is 0. The van der Waals surface area contributed by atoms with E-state index >= 15 is 0 Å². The molecule has 1 heterocycles. The first kappa shape index (κ1) is 14.9. The predicted octanol–water partition coefficient (Wildman–Crippen LogP) is 2.11. The van der Waals surface area contributed by atoms with E-state index in [4.69, 9.17) is 0 Å². The van der Waals surface area contributed by atoms with Crippen LogP contribution < -0.4 is 5.56 Å². The molecule has 0 bridgehead atoms. The van der Waals surface area contributed by atoms with Crippen LogP contribution in [0.5, 0.6) is 0 Å². The lowest BCUT2D eigenvalue weighted by Crippen LogP contribution is -2.22. The van der Waals surface area contributed by atoms with Crippen molar-refractivity contribution >= 4 is 5.69 Å². The summed E-state index contributed by atoms with van der Waals surface area (Å²) in [7, 11) is 0. The summed E-state index contributed by atoms with van der Waals surface area (Å²) < 4.78 is 1.15. The first-order valence-corrected chi connectivity index (χ1v) is 6.48. The van der Waals surface area contributed by atoms with E-state index in [1.807, 2.05) is 32.0 Å². The number of aliphatic hydroxyl groups excluding tert-OH is 1. The van der Waals surface area contributed by atoms with Crippen LogP contribution in [0.2, 0.25) is 0 Å². The normalized spacial score (nSPS) is 12.1. The lowest BCUT2D eigenvalue weighted by molar-refractivity contribution is -0.385. The largest absolute Gasteiger partial charge is 0.387 e. The molecule has 0 amide bonds. The second-order valence-corrected chi connectivity index (χ2v) is 5.07. The number of benzene rings is 1. The van der Waals surface area contributed by atoms with Crippen LogP contribution in [0.1, 0.15) is 22.8 Å². The molecule has 21 heavy (non-hydrogen) atoms. The van der Waals surface area contributed by atoms with E-state index in [1.54, 1.807) is 0 Å². The maximum atomic E-state index is 11.7. The molecule has 0 saturated carbocycles. The fourth-order valence-corrected chi connectivity index (χ4v) is 2.26. The second kappa shape index (κ2) is 5.88. The van der Waals surface area contributed by atoms with Gasteiger partial charge < -0.3 is 9.67 Å². The van der Waals surface area contributed by atoms with E-state index in [2.05, 4.69) is 0 Å². The van der Waals surface area contributed by atoms with Gasteiger partial charge in [0.25, 0.3) is 11.2 Å². The molecule has 1 aromatic heterocycles. The first-order chi connectivity index (χ1) is 9.86. The Bertz CT molecular complexity index is 716. The maximum absolute atomic E-state index is 11.7. The van der Waals surface area contributed by atoms with E-state index in [0.717, 1.165) is 34.0 Å². The molecule has 1 atom stereocenters. The quantitative estimate of drug-likeness (QED) is 0.689. The summed E-state index contributed by atoms with van der Waals surface area (Å²) >= 11 is 0. The molecule has 1 N–H and O–H groups in total. The van der Waals surface area contributed by atoms with Crippen LogP contribution in [-0.4, -0.2) is 14.6 Å². The van der Waals surface area contributed by atoms with Gasteiger partial charge >= 0.3 is 0 Å². The minimum atomic E-state index is -0.900. The van der Waals surface area contributed by atoms with Crippen LogP contribution >= 0.6 is 0 Å². The van der Waals surface area contributed by atoms with Gasteiger partial charge in [0.15, 0.2) is 0 Å². The highest BCUT2D eigenvalue weighted by Crippen LogP contribution is 2.19. The SMILES string of the molecule is Cc1cc(C)cc(C(O)Cn2cc([N+](=O)[O-])ccc2=O)c1. The molecular weight excluding hydrogens is 272 g/mol. The monoisotopic (exact) mass is 288 g/mol. The van der Waals surface area contributed by atoms with Crippen molar-refractivity contribution < 1.29 is 10.0 Å². The molecule has 6 nitrogen and oxygen atoms in total. The molecule has 2 rings (SSSR count). The lowest BCUT2D eigenvalue weighted by Gasteiger charge is -2.14. The standard InChI is InChI=1S/C15H16N2O4/c1-10-5-11(2)7-12(6-10)14(18)9-16-8-13(17(20)21)3-4-15(16)19/h3-8,14,18H,9H2,1-2H3. The van der Waals surface area contributed by atoms with E-state index in [-0.39, 0.29) is 17.8 Å². The van der Waals surface area contributed by atoms with E-state index in [9.17, 15) is 20.0 Å². The smallest absolute Gasteiger partial charge is 0.285 e. The second-order valence-electron chi connectivity index (χ2n) is 5.07. The van der Waals surface area contributed by atoms with Gasteiger partial charge in [-0.25, -0.2) is 0 Å². The first-order valence-electron chi connectivity index (χ1n) is 6.48. The molecule has 0 fully saturated rings. The lowest BCUT2D eigenvalue weighted by atomic mass is 10.0. The predicted molar refractivity (Wildman–Crippen MR) is 78.2 cm³/mol. The van der Waals surface area contributed by atoms with Crippen molar-refractivity contribution in [3.63, 3.8) is 0 Å². The van der Waals surface area contributed by atoms with Crippen molar-refractivity contribution in [2.24, 2.45) is 0 Å². The number of aliphatic hydroxyl groups is 1. The molecule has 110 valence electrons. The van der Waals surface area contributed by atoms with Crippen molar-refractivity contribution in [3.8, 4) is 0 Å². The number of nitro groups is 1. The third-order valence-electron chi connectivity index (χ3n) is 3.18. The van der Waals surface area contributed by atoms with Gasteiger partial charge in [0.1, 0.15) is 0 Å². The van der Waals surface area contributed by atoms with Gasteiger partial charge in [0, 0.05) is 12.1 Å². The van der Waals surface area contributed by atoms with Crippen LogP contribution in [-0.2, 0) is 6.54 Å². The number of rotatable bonds is 4. The number of aryl methyl sites for hydroxylation is 2. The number of aromatic nitrogens is 1. The van der Waals surface area contributed by atoms with Gasteiger partial charge in [-0.15, -0.1) is 0 Å². The van der Waals surface area contributed by atoms with Crippen LogP contribution in [0.3, 0.4) is 0 Å². The van der Waals surface area contributed by atoms with E-state index < -0.39 is 11.0 Å². The maximum Gasteiger partial charge on any atom is 0.285 e. The van der Waals surface area contributed by atoms with Crippen molar-refractivity contribution in [2.75, 3.05) is 0 Å². The van der Waals surface area contributed by atoms with Gasteiger partial charge in [0.05, 0.1) is 23.8 Å². The third-order valence-corrected chi connectivity index (χ3v) is 3.18. The zero-order valence-electron chi connectivity index (χ0n) is 11.8. The summed E-state index contributed by atoms with van der Waals surface area (Å²) in [4.78, 5) is 21.9. The van der Waals surface area contributed by atoms with Crippen LogP contribution in [0.25, 0.3) is 0 Å². The number of hydrogen-bond donors (Lipinski definition) is 1. The molecule has 6 heteroatoms. The Morgan fingerprint density at radius 1 is 1.24 bits per heavy atom. The summed E-state index contributed by atoms with van der Waals surface area (Å²) in [6, 6.07) is 7.93. The zero-order valence-corrected chi connectivity index (χ0v) is 11.8. The number of hydrogen-bond acceptors (Lipinski definition) is 4. The molecule has 0 aliphatic carbocycles. The Morgan fingerprint density at radius 2 is 1.86 bits per heavy atom. The Hall–Kier alpha value is -2.47. The molecule has 2 aromatic rings. The molecule has 0 aliphatic rings. The highest BCUT2D eigenvalue weighted by atomic mass is 16.6. The average Bonchev–Trinajstić information content (AvgIpc) is 2.39. The summed E-state index contributed by atoms with van der Waals surface area (Å²) in [6.45, 7) is 3.81. The molecule has 0 aliphatic heterocycles. The van der Waals surface area contributed by atoms with Crippen molar-refractivity contribution in [1.29, 1.82) is 0 Å². The molecule has 0 radical (unpaired) electrons. The molecular formula is C15H16N2O4. The Balaban J connectivity index is 2.30. The van der Waals surface area contributed by atoms with Crippen molar-refractivity contribution in [1.82, 2.24) is 4.57 Å². The van der Waals surface area contributed by atoms with E-state index in [0.29, 0.717) is 5.56 Å². The van der Waals surface area contributed by atoms with Gasteiger partial charge in [-0.05, 0) is 19.4 Å². The summed E-state index contributed by atoms with van der Waals surface area (Å²) in [5, 5.41) is 21.0. The topological polar surface area (TPSA) is 85.4 Å². The highest BCUT2D eigenvalue weighted by molar-refractivity contribution is 5.30. The fraction of sp³-hybridized carbons (Fsp3) is 0.267. The van der Waals surface area contributed by atoms with Gasteiger partial charge in [0.2, 0.25) is 0 Å². The van der Waals surface area contributed by atoms with Crippen LogP contribution in [0.15, 0.2) is 41.3 Å². The Morgan fingerprint density at radius 3 is 2.43 bits per heavy atom. The van der Waals surface area contributed by atoms with Crippen molar-refractivity contribution in [3.05, 3.63) is 73.7 Å². The van der Waals surface area contributed by atoms with Gasteiger partial charge in [-0.1, -0.05) is 29.3 Å². The van der Waals surface area contributed by atoms with Crippen LogP contribution in [0.4, 0.5) is 5.69 Å². The number of nitrogens with zero attached hydrogens (tertiary/aromatic N) is 2. The summed E-state index contributed by atoms with van der Waals surface area (Å²) in [5.41, 5.74) is 2.14. The Labute approximate surface area is 121 Å². The molecule has 1 aromatic carbocycles. The fourth-order valence-electron chi connectivity index (χ4n) is 2.26. The van der Waals surface area contributed by atoms with Crippen molar-refractivity contribution in [2.45, 2.75) is 26.5 Å². The third kappa shape index (κ3) is 3.55. The van der Waals surface area contributed by atoms with E-state index in [1.165, 1.54) is 0 Å². The molecule has 0 spiro atoms. The zero-order chi connectivity index (χ0) is 15.6. The highest BCUT2D eigenvalue weighted by Gasteiger charge is 2.13. The van der Waals surface area contributed by atoms with Gasteiger partial charge in [-0.3, -0.25) is 14.9 Å². The minimum Gasteiger partial charge on any atom is -0.387 e. The summed E-state index contributed by atoms with van der Waals surface area (Å²) in [6.07, 6.45) is 0.247. The van der Waals surface area contributed by atoms with Crippen LogP contribution in [0, 0.1) is 24.0 Å². The van der Waals surface area contributed by atoms with Gasteiger partial charge in [-0.2, -0.15) is 0 Å². The molecule has 0 saturated heterocycles.